The lowest BCUT2D eigenvalue weighted by molar-refractivity contribution is -0.111. The van der Waals surface area contributed by atoms with E-state index in [1.807, 2.05) is 6.92 Å². The number of amides is 1. The molecule has 148 valence electrons. The molecule has 1 amide bonds. The second-order valence-corrected chi connectivity index (χ2v) is 5.85. The highest BCUT2D eigenvalue weighted by atomic mass is 19.3. The summed E-state index contributed by atoms with van der Waals surface area (Å²) in [6.45, 7) is -1.13. The molecule has 29 heavy (non-hydrogen) atoms. The van der Waals surface area contributed by atoms with Gasteiger partial charge in [-0.15, -0.1) is 0 Å². The quantitative estimate of drug-likeness (QED) is 0.578. The van der Waals surface area contributed by atoms with E-state index in [1.54, 1.807) is 54.9 Å². The van der Waals surface area contributed by atoms with Crippen molar-refractivity contribution in [2.75, 3.05) is 5.32 Å². The summed E-state index contributed by atoms with van der Waals surface area (Å²) in [5.41, 5.74) is 1.71. The van der Waals surface area contributed by atoms with Gasteiger partial charge in [0.2, 0.25) is 5.91 Å². The number of ether oxygens (including phenoxy) is 2. The molecule has 0 radical (unpaired) electrons. The molecule has 1 heterocycles. The van der Waals surface area contributed by atoms with Crippen LogP contribution in [-0.4, -0.2) is 22.5 Å². The third-order valence-corrected chi connectivity index (χ3v) is 3.76. The van der Waals surface area contributed by atoms with E-state index in [1.165, 1.54) is 18.2 Å². The van der Waals surface area contributed by atoms with Crippen LogP contribution in [0.5, 0.6) is 17.5 Å². The SMILES string of the molecule is Cc1cc(Oc2ncccn2)ccc1NC(=O)/C=C\c1ccccc1OC(F)F. The van der Waals surface area contributed by atoms with Crippen LogP contribution in [-0.2, 0) is 4.79 Å². The topological polar surface area (TPSA) is 73.3 Å². The summed E-state index contributed by atoms with van der Waals surface area (Å²) in [7, 11) is 0. The summed E-state index contributed by atoms with van der Waals surface area (Å²) in [5.74, 6) is 0.104. The van der Waals surface area contributed by atoms with Crippen LogP contribution in [0.3, 0.4) is 0 Å². The fourth-order valence-electron chi connectivity index (χ4n) is 2.44. The molecule has 1 aromatic heterocycles. The van der Waals surface area contributed by atoms with E-state index in [9.17, 15) is 13.6 Å². The van der Waals surface area contributed by atoms with Crippen molar-refractivity contribution >= 4 is 17.7 Å². The maximum Gasteiger partial charge on any atom is 0.387 e. The molecule has 0 spiro atoms. The zero-order valence-electron chi connectivity index (χ0n) is 15.4. The molecule has 0 saturated heterocycles. The van der Waals surface area contributed by atoms with Gasteiger partial charge in [-0.05, 0) is 48.9 Å². The molecule has 0 unspecified atom stereocenters. The van der Waals surface area contributed by atoms with E-state index in [0.29, 0.717) is 17.0 Å². The molecule has 6 nitrogen and oxygen atoms in total. The van der Waals surface area contributed by atoms with Gasteiger partial charge in [0.05, 0.1) is 0 Å². The van der Waals surface area contributed by atoms with Gasteiger partial charge in [0.25, 0.3) is 0 Å². The Bertz CT molecular complexity index is 1010. The summed E-state index contributed by atoms with van der Waals surface area (Å²) in [5, 5.41) is 2.73. The second kappa shape index (κ2) is 9.41. The third-order valence-electron chi connectivity index (χ3n) is 3.76. The van der Waals surface area contributed by atoms with Gasteiger partial charge in [-0.25, -0.2) is 9.97 Å². The van der Waals surface area contributed by atoms with E-state index < -0.39 is 12.5 Å². The number of hydrogen-bond donors (Lipinski definition) is 1. The Labute approximate surface area is 165 Å². The van der Waals surface area contributed by atoms with Crippen molar-refractivity contribution < 1.29 is 23.0 Å². The maximum absolute atomic E-state index is 12.5. The molecule has 0 aliphatic rings. The second-order valence-electron chi connectivity index (χ2n) is 5.85. The lowest BCUT2D eigenvalue weighted by Crippen LogP contribution is -2.09. The van der Waals surface area contributed by atoms with Crippen molar-refractivity contribution in [2.45, 2.75) is 13.5 Å². The summed E-state index contributed by atoms with van der Waals surface area (Å²) in [6, 6.07) is 13.2. The minimum atomic E-state index is -2.94. The highest BCUT2D eigenvalue weighted by molar-refractivity contribution is 6.02. The van der Waals surface area contributed by atoms with Crippen molar-refractivity contribution in [1.29, 1.82) is 0 Å². The molecule has 1 N–H and O–H groups in total. The Kier molecular flexibility index (Phi) is 6.47. The van der Waals surface area contributed by atoms with E-state index in [-0.39, 0.29) is 11.8 Å². The minimum Gasteiger partial charge on any atom is -0.434 e. The first-order valence-corrected chi connectivity index (χ1v) is 8.59. The molecule has 8 heteroatoms. The van der Waals surface area contributed by atoms with Gasteiger partial charge in [-0.1, -0.05) is 18.2 Å². The standard InChI is InChI=1S/C21H17F2N3O3/c1-14-13-16(28-21-24-11-4-12-25-21)8-9-17(14)26-19(27)10-7-15-5-2-3-6-18(15)29-20(22)23/h2-13,20H,1H3,(H,26,27)/b10-7-. The van der Waals surface area contributed by atoms with Gasteiger partial charge in [-0.2, -0.15) is 8.78 Å². The number of nitrogens with one attached hydrogen (secondary N) is 1. The van der Waals surface area contributed by atoms with E-state index in [0.717, 1.165) is 5.56 Å². The van der Waals surface area contributed by atoms with Crippen LogP contribution in [0.15, 0.2) is 67.0 Å². The fraction of sp³-hybridized carbons (Fsp3) is 0.0952. The van der Waals surface area contributed by atoms with Crippen LogP contribution in [0.2, 0.25) is 0 Å². The minimum absolute atomic E-state index is 0.00707. The number of nitrogens with zero attached hydrogens (tertiary/aromatic N) is 2. The number of carbonyl (C=O) groups is 1. The molecule has 2 aromatic carbocycles. The number of halogens is 2. The molecule has 0 bridgehead atoms. The Balaban J connectivity index is 1.66. The Hall–Kier alpha value is -3.81. The highest BCUT2D eigenvalue weighted by Gasteiger charge is 2.08. The van der Waals surface area contributed by atoms with Crippen LogP contribution in [0, 0.1) is 6.92 Å². The van der Waals surface area contributed by atoms with Crippen LogP contribution in [0.25, 0.3) is 6.08 Å². The molecular formula is C21H17F2N3O3. The van der Waals surface area contributed by atoms with Gasteiger partial charge < -0.3 is 14.8 Å². The van der Waals surface area contributed by atoms with Crippen LogP contribution >= 0.6 is 0 Å². The number of anilines is 1. The number of carbonyl (C=O) groups excluding carboxylic acids is 1. The number of alkyl halides is 2. The molecule has 0 fully saturated rings. The highest BCUT2D eigenvalue weighted by Crippen LogP contribution is 2.25. The van der Waals surface area contributed by atoms with E-state index in [4.69, 9.17) is 4.74 Å². The van der Waals surface area contributed by atoms with Gasteiger partial charge in [0, 0.05) is 29.7 Å². The molecular weight excluding hydrogens is 380 g/mol. The zero-order valence-corrected chi connectivity index (χ0v) is 15.4. The average Bonchev–Trinajstić information content (AvgIpc) is 2.70. The summed E-state index contributed by atoms with van der Waals surface area (Å²) < 4.78 is 34.9. The Morgan fingerprint density at radius 1 is 1.10 bits per heavy atom. The normalized spacial score (nSPS) is 10.9. The Morgan fingerprint density at radius 3 is 2.59 bits per heavy atom. The number of hydrogen-bond acceptors (Lipinski definition) is 5. The predicted octanol–water partition coefficient (Wildman–Crippen LogP) is 4.83. The first-order valence-electron chi connectivity index (χ1n) is 8.59. The summed E-state index contributed by atoms with van der Waals surface area (Å²) in [6.07, 6.45) is 5.79. The molecule has 0 aliphatic carbocycles. The molecule has 3 aromatic rings. The van der Waals surface area contributed by atoms with Crippen molar-refractivity contribution in [3.63, 3.8) is 0 Å². The smallest absolute Gasteiger partial charge is 0.387 e. The lowest BCUT2D eigenvalue weighted by Gasteiger charge is -2.10. The zero-order chi connectivity index (χ0) is 20.6. The van der Waals surface area contributed by atoms with Gasteiger partial charge in [0.15, 0.2) is 0 Å². The van der Waals surface area contributed by atoms with Crippen LogP contribution in [0.1, 0.15) is 11.1 Å². The number of benzene rings is 2. The Morgan fingerprint density at radius 2 is 1.86 bits per heavy atom. The van der Waals surface area contributed by atoms with Gasteiger partial charge in [-0.3, -0.25) is 4.79 Å². The summed E-state index contributed by atoms with van der Waals surface area (Å²) >= 11 is 0. The largest absolute Gasteiger partial charge is 0.434 e. The lowest BCUT2D eigenvalue weighted by atomic mass is 10.1. The van der Waals surface area contributed by atoms with Crippen molar-refractivity contribution in [3.05, 3.63) is 78.1 Å². The van der Waals surface area contributed by atoms with Gasteiger partial charge >= 0.3 is 12.6 Å². The number of aryl methyl sites for hydroxylation is 1. The average molecular weight is 397 g/mol. The predicted molar refractivity (Wildman–Crippen MR) is 104 cm³/mol. The number of aromatic nitrogens is 2. The summed E-state index contributed by atoms with van der Waals surface area (Å²) in [4.78, 5) is 20.2. The van der Waals surface area contributed by atoms with E-state index >= 15 is 0 Å². The fourth-order valence-corrected chi connectivity index (χ4v) is 2.44. The van der Waals surface area contributed by atoms with Crippen LogP contribution < -0.4 is 14.8 Å². The number of rotatable bonds is 7. The van der Waals surface area contributed by atoms with Gasteiger partial charge in [0.1, 0.15) is 11.5 Å². The monoisotopic (exact) mass is 397 g/mol. The maximum atomic E-state index is 12.5. The van der Waals surface area contributed by atoms with Crippen molar-refractivity contribution in [1.82, 2.24) is 9.97 Å². The number of para-hydroxylation sites is 1. The third kappa shape index (κ3) is 5.83. The molecule has 3 rings (SSSR count). The van der Waals surface area contributed by atoms with Crippen LogP contribution in [0.4, 0.5) is 14.5 Å². The molecule has 0 aliphatic heterocycles. The van der Waals surface area contributed by atoms with E-state index in [2.05, 4.69) is 20.0 Å². The van der Waals surface area contributed by atoms with Crippen molar-refractivity contribution in [3.8, 4) is 17.5 Å². The molecule has 0 saturated carbocycles. The first kappa shape index (κ1) is 19.9. The first-order chi connectivity index (χ1) is 14.0. The van der Waals surface area contributed by atoms with Crippen molar-refractivity contribution in [2.24, 2.45) is 0 Å². The molecule has 0 atom stereocenters.